The Hall–Kier alpha value is -3.02. The number of amides is 1. The van der Waals surface area contributed by atoms with Crippen molar-refractivity contribution in [2.45, 2.75) is 12.5 Å². The molecule has 0 aromatic heterocycles. The number of carbonyl (C=O) groups is 1. The van der Waals surface area contributed by atoms with E-state index in [1.165, 1.54) is 12.1 Å². The number of aliphatic imine (C=N–C) groups is 1. The number of nitro groups is 1. The maximum Gasteiger partial charge on any atom is 0.269 e. The van der Waals surface area contributed by atoms with Crippen molar-refractivity contribution in [1.82, 2.24) is 5.32 Å². The lowest BCUT2D eigenvalue weighted by Gasteiger charge is -2.17. The number of non-ortho nitro benzene ring substituents is 1. The van der Waals surface area contributed by atoms with Crippen LogP contribution in [0.4, 0.5) is 5.69 Å². The molecule has 0 radical (unpaired) electrons. The summed E-state index contributed by atoms with van der Waals surface area (Å²) in [5.41, 5.74) is 0.445. The highest BCUT2D eigenvalue weighted by Gasteiger charge is 2.40. The van der Waals surface area contributed by atoms with Crippen molar-refractivity contribution in [1.29, 1.82) is 0 Å². The number of rotatable bonds is 3. The lowest BCUT2D eigenvalue weighted by atomic mass is 9.93. The first-order valence-corrected chi connectivity index (χ1v) is 6.72. The fourth-order valence-electron chi connectivity index (χ4n) is 2.37. The summed E-state index contributed by atoms with van der Waals surface area (Å²) < 4.78 is 0. The molecule has 1 aliphatic heterocycles. The minimum atomic E-state index is -0.988. The average molecular weight is 295 g/mol. The molecule has 110 valence electrons. The van der Waals surface area contributed by atoms with Gasteiger partial charge in [-0.1, -0.05) is 30.3 Å². The van der Waals surface area contributed by atoms with Crippen LogP contribution in [0.15, 0.2) is 59.6 Å². The van der Waals surface area contributed by atoms with Crippen LogP contribution in [0, 0.1) is 10.1 Å². The predicted molar refractivity (Wildman–Crippen MR) is 81.6 cm³/mol. The van der Waals surface area contributed by atoms with E-state index in [2.05, 4.69) is 10.3 Å². The summed E-state index contributed by atoms with van der Waals surface area (Å²) in [4.78, 5) is 27.0. The van der Waals surface area contributed by atoms with Gasteiger partial charge in [-0.05, 0) is 24.6 Å². The molecular weight excluding hydrogens is 282 g/mol. The number of benzene rings is 2. The quantitative estimate of drug-likeness (QED) is 0.697. The largest absolute Gasteiger partial charge is 0.308 e. The summed E-state index contributed by atoms with van der Waals surface area (Å²) in [7, 11) is 0. The highest BCUT2D eigenvalue weighted by atomic mass is 16.6. The van der Waals surface area contributed by atoms with Gasteiger partial charge in [-0.15, -0.1) is 0 Å². The average Bonchev–Trinajstić information content (AvgIpc) is 2.85. The molecule has 2 aromatic rings. The molecule has 6 heteroatoms. The van der Waals surface area contributed by atoms with E-state index in [0.29, 0.717) is 11.4 Å². The molecule has 0 saturated carbocycles. The predicted octanol–water partition coefficient (Wildman–Crippen LogP) is 2.39. The van der Waals surface area contributed by atoms with E-state index in [-0.39, 0.29) is 11.6 Å². The number of nitrogens with zero attached hydrogens (tertiary/aromatic N) is 2. The van der Waals surface area contributed by atoms with E-state index < -0.39 is 10.5 Å². The van der Waals surface area contributed by atoms with Crippen LogP contribution >= 0.6 is 0 Å². The molecule has 2 aromatic carbocycles. The number of carbonyl (C=O) groups excluding carboxylic acids is 1. The smallest absolute Gasteiger partial charge is 0.269 e. The minimum absolute atomic E-state index is 0.000468. The Morgan fingerprint density at radius 1 is 1.09 bits per heavy atom. The number of nitrogens with one attached hydrogen (secondary N) is 1. The van der Waals surface area contributed by atoms with Gasteiger partial charge in [-0.2, -0.15) is 0 Å². The van der Waals surface area contributed by atoms with Crippen LogP contribution < -0.4 is 5.32 Å². The van der Waals surface area contributed by atoms with Crippen LogP contribution in [0.3, 0.4) is 0 Å². The zero-order valence-corrected chi connectivity index (χ0v) is 11.8. The van der Waals surface area contributed by atoms with E-state index in [4.69, 9.17) is 0 Å². The number of hydrogen-bond acceptors (Lipinski definition) is 4. The summed E-state index contributed by atoms with van der Waals surface area (Å²) >= 11 is 0. The molecular formula is C16H13N3O3. The molecule has 6 nitrogen and oxygen atoms in total. The zero-order valence-electron chi connectivity index (χ0n) is 11.8. The maximum absolute atomic E-state index is 12.3. The van der Waals surface area contributed by atoms with Gasteiger partial charge in [0.05, 0.1) is 4.92 Å². The number of nitro benzene ring substituents is 1. The van der Waals surface area contributed by atoms with E-state index in [1.54, 1.807) is 19.1 Å². The maximum atomic E-state index is 12.3. The van der Waals surface area contributed by atoms with Gasteiger partial charge in [-0.25, -0.2) is 4.99 Å². The van der Waals surface area contributed by atoms with Gasteiger partial charge in [0.25, 0.3) is 11.6 Å². The van der Waals surface area contributed by atoms with Gasteiger partial charge >= 0.3 is 0 Å². The topological polar surface area (TPSA) is 84.6 Å². The van der Waals surface area contributed by atoms with Crippen LogP contribution in [-0.2, 0) is 10.3 Å². The zero-order chi connectivity index (χ0) is 15.7. The fourth-order valence-corrected chi connectivity index (χ4v) is 2.37. The molecule has 1 N–H and O–H groups in total. The van der Waals surface area contributed by atoms with Gasteiger partial charge in [0.1, 0.15) is 5.84 Å². The van der Waals surface area contributed by atoms with Crippen LogP contribution in [-0.4, -0.2) is 16.7 Å². The van der Waals surface area contributed by atoms with E-state index >= 15 is 0 Å². The normalized spacial score (nSPS) is 20.4. The molecule has 1 unspecified atom stereocenters. The molecule has 0 bridgehead atoms. The minimum Gasteiger partial charge on any atom is -0.308 e. The third kappa shape index (κ3) is 2.24. The van der Waals surface area contributed by atoms with Crippen molar-refractivity contribution in [3.8, 4) is 0 Å². The first-order valence-electron chi connectivity index (χ1n) is 6.72. The van der Waals surface area contributed by atoms with E-state index in [1.807, 2.05) is 30.3 Å². The molecule has 1 amide bonds. The van der Waals surface area contributed by atoms with Crippen molar-refractivity contribution >= 4 is 17.4 Å². The summed E-state index contributed by atoms with van der Waals surface area (Å²) in [5.74, 6) is 0.207. The summed E-state index contributed by atoms with van der Waals surface area (Å²) in [6.45, 7) is 1.75. The van der Waals surface area contributed by atoms with Crippen molar-refractivity contribution < 1.29 is 9.72 Å². The molecule has 1 aliphatic rings. The summed E-state index contributed by atoms with van der Waals surface area (Å²) in [6, 6.07) is 15.2. The van der Waals surface area contributed by atoms with Crippen LogP contribution in [0.5, 0.6) is 0 Å². The highest BCUT2D eigenvalue weighted by molar-refractivity contribution is 6.15. The van der Waals surface area contributed by atoms with E-state index in [9.17, 15) is 14.9 Å². The molecule has 0 saturated heterocycles. The molecule has 0 aliphatic carbocycles. The monoisotopic (exact) mass is 295 g/mol. The standard InChI is InChI=1S/C16H13N3O3/c1-16(12-5-3-2-4-6-12)15(20)17-14(18-16)11-7-9-13(10-8-11)19(21)22/h2-10H,1H3,(H,17,18,20). The van der Waals surface area contributed by atoms with E-state index in [0.717, 1.165) is 5.56 Å². The summed E-state index contributed by atoms with van der Waals surface area (Å²) in [6.07, 6.45) is 0. The van der Waals surface area contributed by atoms with Crippen molar-refractivity contribution in [2.24, 2.45) is 4.99 Å². The second kappa shape index (κ2) is 5.07. The van der Waals surface area contributed by atoms with Crippen LogP contribution in [0.2, 0.25) is 0 Å². The Labute approximate surface area is 126 Å². The Morgan fingerprint density at radius 2 is 1.73 bits per heavy atom. The third-order valence-electron chi connectivity index (χ3n) is 3.70. The molecule has 1 atom stereocenters. The molecule has 0 spiro atoms. The second-order valence-electron chi connectivity index (χ2n) is 5.16. The Kier molecular flexibility index (Phi) is 3.21. The van der Waals surface area contributed by atoms with Crippen molar-refractivity contribution in [3.63, 3.8) is 0 Å². The lowest BCUT2D eigenvalue weighted by Crippen LogP contribution is -2.35. The molecule has 1 heterocycles. The first-order chi connectivity index (χ1) is 10.5. The number of amidine groups is 1. The molecule has 0 fully saturated rings. The summed E-state index contributed by atoms with van der Waals surface area (Å²) in [5, 5.41) is 13.4. The van der Waals surface area contributed by atoms with Crippen molar-refractivity contribution in [2.75, 3.05) is 0 Å². The van der Waals surface area contributed by atoms with Crippen molar-refractivity contribution in [3.05, 3.63) is 75.8 Å². The van der Waals surface area contributed by atoms with Crippen LogP contribution in [0.1, 0.15) is 18.1 Å². The van der Waals surface area contributed by atoms with Crippen LogP contribution in [0.25, 0.3) is 0 Å². The fraction of sp³-hybridized carbons (Fsp3) is 0.125. The highest BCUT2D eigenvalue weighted by Crippen LogP contribution is 2.30. The third-order valence-corrected chi connectivity index (χ3v) is 3.70. The Balaban J connectivity index is 1.98. The Morgan fingerprint density at radius 3 is 2.32 bits per heavy atom. The Bertz CT molecular complexity index is 769. The number of hydrogen-bond donors (Lipinski definition) is 1. The van der Waals surface area contributed by atoms with Gasteiger partial charge in [0, 0.05) is 17.7 Å². The van der Waals surface area contributed by atoms with Gasteiger partial charge in [0.2, 0.25) is 0 Å². The molecule has 3 rings (SSSR count). The SMILES string of the molecule is CC1(c2ccccc2)N=C(c2ccc([N+](=O)[O-])cc2)NC1=O. The van der Waals surface area contributed by atoms with Gasteiger partial charge < -0.3 is 5.32 Å². The first kappa shape index (κ1) is 13.9. The lowest BCUT2D eigenvalue weighted by molar-refractivity contribution is -0.384. The second-order valence-corrected chi connectivity index (χ2v) is 5.16. The molecule has 22 heavy (non-hydrogen) atoms. The van der Waals surface area contributed by atoms with Gasteiger partial charge in [0.15, 0.2) is 5.54 Å². The van der Waals surface area contributed by atoms with Gasteiger partial charge in [-0.3, -0.25) is 14.9 Å².